The van der Waals surface area contributed by atoms with Gasteiger partial charge in [0.1, 0.15) is 5.75 Å². The minimum atomic E-state index is -0.0595. The smallest absolute Gasteiger partial charge is 0.290 e. The number of hydrogen-bond donors (Lipinski definition) is 0. The van der Waals surface area contributed by atoms with Gasteiger partial charge in [0.15, 0.2) is 5.82 Å². The second-order valence-corrected chi connectivity index (χ2v) is 6.83. The minimum absolute atomic E-state index is 0.0587. The fraction of sp³-hybridized carbons (Fsp3) is 0.286. The molecule has 1 saturated heterocycles. The van der Waals surface area contributed by atoms with Crippen molar-refractivity contribution in [2.45, 2.75) is 25.8 Å². The number of rotatable bonds is 4. The van der Waals surface area contributed by atoms with Gasteiger partial charge in [-0.15, -0.1) is 0 Å². The van der Waals surface area contributed by atoms with E-state index in [0.29, 0.717) is 18.2 Å². The number of aryl methyl sites for hydroxylation is 2. The first-order valence-corrected chi connectivity index (χ1v) is 9.11. The molecule has 0 unspecified atom stereocenters. The Hall–Kier alpha value is -3.15. The van der Waals surface area contributed by atoms with Crippen LogP contribution in [0.15, 0.2) is 54.9 Å². The molecule has 0 saturated carbocycles. The van der Waals surface area contributed by atoms with Crippen LogP contribution in [0.25, 0.3) is 0 Å². The topological polar surface area (TPSA) is 60.2 Å². The highest BCUT2D eigenvalue weighted by Gasteiger charge is 2.33. The minimum Gasteiger partial charge on any atom is -0.439 e. The van der Waals surface area contributed by atoms with Gasteiger partial charge < -0.3 is 14.2 Å². The molecule has 1 amide bonds. The zero-order chi connectivity index (χ0) is 18.8. The number of carbonyl (C=O) groups is 1. The van der Waals surface area contributed by atoms with Crippen LogP contribution in [-0.2, 0) is 7.05 Å². The van der Waals surface area contributed by atoms with Gasteiger partial charge in [-0.2, -0.15) is 0 Å². The maximum atomic E-state index is 12.9. The second-order valence-electron chi connectivity index (χ2n) is 6.83. The maximum Gasteiger partial charge on any atom is 0.290 e. The summed E-state index contributed by atoms with van der Waals surface area (Å²) in [6, 6.07) is 13.5. The van der Waals surface area contributed by atoms with Gasteiger partial charge in [-0.25, -0.2) is 9.97 Å². The predicted octanol–water partition coefficient (Wildman–Crippen LogP) is 3.89. The summed E-state index contributed by atoms with van der Waals surface area (Å²) >= 11 is 0. The summed E-state index contributed by atoms with van der Waals surface area (Å²) in [5.41, 5.74) is 2.03. The van der Waals surface area contributed by atoms with E-state index in [2.05, 4.69) is 9.97 Å². The molecule has 0 spiro atoms. The summed E-state index contributed by atoms with van der Waals surface area (Å²) in [4.78, 5) is 23.6. The third-order valence-corrected chi connectivity index (χ3v) is 4.86. The first kappa shape index (κ1) is 17.3. The van der Waals surface area contributed by atoms with Crippen LogP contribution in [0.4, 0.5) is 0 Å². The molecule has 138 valence electrons. The van der Waals surface area contributed by atoms with Crippen LogP contribution >= 0.6 is 0 Å². The number of imidazole rings is 1. The number of carbonyl (C=O) groups excluding carboxylic acids is 1. The third kappa shape index (κ3) is 3.56. The number of aromatic nitrogens is 3. The van der Waals surface area contributed by atoms with Gasteiger partial charge in [0.25, 0.3) is 5.91 Å². The molecule has 3 heterocycles. The molecule has 1 aliphatic heterocycles. The molecule has 1 atom stereocenters. The van der Waals surface area contributed by atoms with Crippen LogP contribution in [0.3, 0.4) is 0 Å². The molecule has 6 heteroatoms. The van der Waals surface area contributed by atoms with E-state index in [1.165, 1.54) is 5.56 Å². The number of benzene rings is 1. The number of ether oxygens (including phenoxy) is 1. The first-order valence-electron chi connectivity index (χ1n) is 9.11. The normalized spacial score (nSPS) is 16.5. The van der Waals surface area contributed by atoms with Crippen LogP contribution < -0.4 is 4.74 Å². The predicted molar refractivity (Wildman–Crippen MR) is 102 cm³/mol. The SMILES string of the molecule is Cc1ccc(Oc2cccc([C@H]3CCCN3C(=O)c3nccn3C)n2)cc1. The Labute approximate surface area is 158 Å². The van der Waals surface area contributed by atoms with Crippen LogP contribution in [0.2, 0.25) is 0 Å². The quantitative estimate of drug-likeness (QED) is 0.706. The van der Waals surface area contributed by atoms with Crippen molar-refractivity contribution < 1.29 is 9.53 Å². The van der Waals surface area contributed by atoms with Gasteiger partial charge in [-0.3, -0.25) is 4.79 Å². The summed E-state index contributed by atoms with van der Waals surface area (Å²) in [7, 11) is 1.83. The van der Waals surface area contributed by atoms with Crippen molar-refractivity contribution in [2.75, 3.05) is 6.54 Å². The van der Waals surface area contributed by atoms with E-state index in [-0.39, 0.29) is 11.9 Å². The molecule has 0 N–H and O–H groups in total. The van der Waals surface area contributed by atoms with Gasteiger partial charge in [0.05, 0.1) is 11.7 Å². The Morgan fingerprint density at radius 2 is 2.00 bits per heavy atom. The highest BCUT2D eigenvalue weighted by atomic mass is 16.5. The number of pyridine rings is 1. The molecule has 3 aromatic rings. The summed E-state index contributed by atoms with van der Waals surface area (Å²) in [6.45, 7) is 2.75. The monoisotopic (exact) mass is 362 g/mol. The van der Waals surface area contributed by atoms with Gasteiger partial charge in [0, 0.05) is 32.1 Å². The number of hydrogen-bond acceptors (Lipinski definition) is 4. The summed E-state index contributed by atoms with van der Waals surface area (Å²) in [5.74, 6) is 1.68. The van der Waals surface area contributed by atoms with Crippen LogP contribution in [0.1, 0.15) is 40.8 Å². The van der Waals surface area contributed by atoms with E-state index in [1.54, 1.807) is 17.0 Å². The van der Waals surface area contributed by atoms with E-state index in [9.17, 15) is 4.79 Å². The molecule has 2 aromatic heterocycles. The summed E-state index contributed by atoms with van der Waals surface area (Å²) < 4.78 is 7.64. The Balaban J connectivity index is 1.56. The summed E-state index contributed by atoms with van der Waals surface area (Å²) in [5, 5.41) is 0. The standard InChI is InChI=1S/C21H22N4O2/c1-15-8-10-16(11-9-15)27-19-7-3-5-17(23-19)18-6-4-13-25(18)21(26)20-22-12-14-24(20)2/h3,5,7-12,14,18H,4,6,13H2,1-2H3/t18-/m1/s1. The van der Waals surface area contributed by atoms with Crippen molar-refractivity contribution in [3.05, 3.63) is 71.9 Å². The molecule has 0 aliphatic carbocycles. The van der Waals surface area contributed by atoms with Crippen LogP contribution in [-0.4, -0.2) is 31.9 Å². The molecule has 4 rings (SSSR count). The maximum absolute atomic E-state index is 12.9. The Morgan fingerprint density at radius 1 is 1.19 bits per heavy atom. The van der Waals surface area contributed by atoms with E-state index in [1.807, 2.05) is 61.3 Å². The van der Waals surface area contributed by atoms with Crippen molar-refractivity contribution in [1.82, 2.24) is 19.4 Å². The third-order valence-electron chi connectivity index (χ3n) is 4.86. The van der Waals surface area contributed by atoms with Gasteiger partial charge in [-0.1, -0.05) is 23.8 Å². The first-order chi connectivity index (χ1) is 13.1. The van der Waals surface area contributed by atoms with Gasteiger partial charge in [-0.05, 0) is 38.0 Å². The lowest BCUT2D eigenvalue weighted by Gasteiger charge is -2.24. The number of likely N-dealkylation sites (tertiary alicyclic amines) is 1. The molecule has 0 bridgehead atoms. The average Bonchev–Trinajstić information content (AvgIpc) is 3.32. The highest BCUT2D eigenvalue weighted by Crippen LogP contribution is 2.33. The van der Waals surface area contributed by atoms with E-state index >= 15 is 0 Å². The largest absolute Gasteiger partial charge is 0.439 e. The molecule has 1 aliphatic rings. The van der Waals surface area contributed by atoms with E-state index in [0.717, 1.165) is 24.3 Å². The van der Waals surface area contributed by atoms with Crippen molar-refractivity contribution >= 4 is 5.91 Å². The van der Waals surface area contributed by atoms with E-state index in [4.69, 9.17) is 4.74 Å². The zero-order valence-corrected chi connectivity index (χ0v) is 15.5. The molecule has 1 fully saturated rings. The molecule has 27 heavy (non-hydrogen) atoms. The molecule has 0 radical (unpaired) electrons. The van der Waals surface area contributed by atoms with Gasteiger partial charge in [0.2, 0.25) is 5.88 Å². The molecular weight excluding hydrogens is 340 g/mol. The molecular formula is C21H22N4O2. The fourth-order valence-electron chi connectivity index (χ4n) is 3.42. The average molecular weight is 362 g/mol. The summed E-state index contributed by atoms with van der Waals surface area (Å²) in [6.07, 6.45) is 5.27. The van der Waals surface area contributed by atoms with E-state index < -0.39 is 0 Å². The van der Waals surface area contributed by atoms with Crippen molar-refractivity contribution in [3.8, 4) is 11.6 Å². The number of amides is 1. The lowest BCUT2D eigenvalue weighted by atomic mass is 10.1. The fourth-order valence-corrected chi connectivity index (χ4v) is 3.42. The lowest BCUT2D eigenvalue weighted by Crippen LogP contribution is -2.32. The van der Waals surface area contributed by atoms with Crippen LogP contribution in [0, 0.1) is 6.92 Å². The Bertz CT molecular complexity index is 949. The second kappa shape index (κ2) is 7.23. The highest BCUT2D eigenvalue weighted by molar-refractivity contribution is 5.91. The van der Waals surface area contributed by atoms with Crippen molar-refractivity contribution in [1.29, 1.82) is 0 Å². The van der Waals surface area contributed by atoms with Crippen molar-refractivity contribution in [3.63, 3.8) is 0 Å². The Kier molecular flexibility index (Phi) is 4.62. The Morgan fingerprint density at radius 3 is 2.74 bits per heavy atom. The van der Waals surface area contributed by atoms with Gasteiger partial charge >= 0.3 is 0 Å². The number of nitrogens with zero attached hydrogens (tertiary/aromatic N) is 4. The van der Waals surface area contributed by atoms with Crippen molar-refractivity contribution in [2.24, 2.45) is 7.05 Å². The lowest BCUT2D eigenvalue weighted by molar-refractivity contribution is 0.0716. The zero-order valence-electron chi connectivity index (χ0n) is 15.5. The van der Waals surface area contributed by atoms with Crippen LogP contribution in [0.5, 0.6) is 11.6 Å². The molecule has 1 aromatic carbocycles. The molecule has 6 nitrogen and oxygen atoms in total.